The van der Waals surface area contributed by atoms with Gasteiger partial charge in [-0.15, -0.1) is 0 Å². The van der Waals surface area contributed by atoms with Gasteiger partial charge in [0.25, 0.3) is 0 Å². The van der Waals surface area contributed by atoms with Gasteiger partial charge in [-0.2, -0.15) is 0 Å². The predicted octanol–water partition coefficient (Wildman–Crippen LogP) is -0.120. The smallest absolute Gasteiger partial charge is 0.338 e. The monoisotopic (exact) mass is 188 g/mol. The second kappa shape index (κ2) is 3.33. The molecule has 1 saturated heterocycles. The molecule has 5 nitrogen and oxygen atoms in total. The molecule has 2 unspecified atom stereocenters. The molecule has 0 bridgehead atoms. The van der Waals surface area contributed by atoms with E-state index in [0.717, 1.165) is 0 Å². The Labute approximate surface area is 76.0 Å². The van der Waals surface area contributed by atoms with Crippen molar-refractivity contribution < 1.29 is 23.8 Å². The highest BCUT2D eigenvalue weighted by Gasteiger charge is 2.58. The average Bonchev–Trinajstić information content (AvgIpc) is 2.74. The highest BCUT2D eigenvalue weighted by molar-refractivity contribution is 5.79. The molecule has 1 rings (SSSR count). The van der Waals surface area contributed by atoms with E-state index in [1.54, 1.807) is 6.92 Å². The third kappa shape index (κ3) is 2.18. The summed E-state index contributed by atoms with van der Waals surface area (Å²) in [4.78, 5) is 21.4. The Kier molecular flexibility index (Phi) is 2.56. The molecule has 1 heterocycles. The van der Waals surface area contributed by atoms with Crippen LogP contribution >= 0.6 is 0 Å². The summed E-state index contributed by atoms with van der Waals surface area (Å²) in [6.45, 7) is 3.08. The first-order chi connectivity index (χ1) is 5.99. The van der Waals surface area contributed by atoms with Gasteiger partial charge in [0, 0.05) is 6.92 Å². The summed E-state index contributed by atoms with van der Waals surface area (Å²) in [5, 5.41) is 0. The van der Waals surface area contributed by atoms with Gasteiger partial charge in [0.1, 0.15) is 12.2 Å². The number of carbonyl (C=O) groups is 2. The molecule has 5 heteroatoms. The standard InChI is InChI=1S/C8H12O5/c1-5(9)12-4-8(2)6(13-8)7(10)11-3/h6H,4H2,1-3H3. The van der Waals surface area contributed by atoms with Crippen molar-refractivity contribution in [1.29, 1.82) is 0 Å². The van der Waals surface area contributed by atoms with Crippen LogP contribution in [0, 0.1) is 0 Å². The predicted molar refractivity (Wildman–Crippen MR) is 41.9 cm³/mol. The number of esters is 2. The summed E-state index contributed by atoms with van der Waals surface area (Å²) in [7, 11) is 1.29. The van der Waals surface area contributed by atoms with E-state index in [1.807, 2.05) is 0 Å². The molecule has 74 valence electrons. The van der Waals surface area contributed by atoms with Crippen molar-refractivity contribution in [2.75, 3.05) is 13.7 Å². The van der Waals surface area contributed by atoms with E-state index in [4.69, 9.17) is 9.47 Å². The molecule has 1 aliphatic rings. The average molecular weight is 188 g/mol. The lowest BCUT2D eigenvalue weighted by Crippen LogP contribution is -2.25. The second-order valence-electron chi connectivity index (χ2n) is 3.11. The maximum absolute atomic E-state index is 10.9. The number of rotatable bonds is 3. The summed E-state index contributed by atoms with van der Waals surface area (Å²) in [6.07, 6.45) is -0.600. The van der Waals surface area contributed by atoms with Crippen molar-refractivity contribution in [3.05, 3.63) is 0 Å². The number of carbonyl (C=O) groups excluding carboxylic acids is 2. The van der Waals surface area contributed by atoms with Crippen LogP contribution in [-0.2, 0) is 23.8 Å². The maximum Gasteiger partial charge on any atom is 0.338 e. The number of hydrogen-bond donors (Lipinski definition) is 0. The molecule has 0 radical (unpaired) electrons. The summed E-state index contributed by atoms with van der Waals surface area (Å²) in [5.41, 5.74) is -0.696. The Hall–Kier alpha value is -1.10. The van der Waals surface area contributed by atoms with Crippen molar-refractivity contribution >= 4 is 11.9 Å². The zero-order valence-electron chi connectivity index (χ0n) is 7.83. The van der Waals surface area contributed by atoms with E-state index in [2.05, 4.69) is 4.74 Å². The molecule has 0 aromatic heterocycles. The lowest BCUT2D eigenvalue weighted by Gasteiger charge is -2.05. The molecule has 0 aromatic carbocycles. The molecule has 0 amide bonds. The zero-order chi connectivity index (χ0) is 10.1. The van der Waals surface area contributed by atoms with Gasteiger partial charge in [-0.1, -0.05) is 0 Å². The van der Waals surface area contributed by atoms with Crippen LogP contribution in [0.2, 0.25) is 0 Å². The molecular weight excluding hydrogens is 176 g/mol. The number of ether oxygens (including phenoxy) is 3. The van der Waals surface area contributed by atoms with Crippen LogP contribution in [0.15, 0.2) is 0 Å². The number of methoxy groups -OCH3 is 1. The van der Waals surface area contributed by atoms with Gasteiger partial charge in [-0.25, -0.2) is 4.79 Å². The fourth-order valence-electron chi connectivity index (χ4n) is 0.994. The minimum Gasteiger partial charge on any atom is -0.467 e. The lowest BCUT2D eigenvalue weighted by atomic mass is 10.1. The first kappa shape index (κ1) is 9.98. The van der Waals surface area contributed by atoms with Crippen LogP contribution in [0.5, 0.6) is 0 Å². The Morgan fingerprint density at radius 3 is 2.62 bits per heavy atom. The molecule has 1 fully saturated rings. The third-order valence-electron chi connectivity index (χ3n) is 1.86. The minimum absolute atomic E-state index is 0.0854. The molecule has 13 heavy (non-hydrogen) atoms. The zero-order valence-corrected chi connectivity index (χ0v) is 7.83. The first-order valence-corrected chi connectivity index (χ1v) is 3.88. The van der Waals surface area contributed by atoms with Gasteiger partial charge in [0.15, 0.2) is 6.10 Å². The van der Waals surface area contributed by atoms with Crippen molar-refractivity contribution in [2.45, 2.75) is 25.6 Å². The largest absolute Gasteiger partial charge is 0.467 e. The van der Waals surface area contributed by atoms with Crippen molar-refractivity contribution in [1.82, 2.24) is 0 Å². The summed E-state index contributed by atoms with van der Waals surface area (Å²) >= 11 is 0. The van der Waals surface area contributed by atoms with Gasteiger partial charge >= 0.3 is 11.9 Å². The highest BCUT2D eigenvalue weighted by Crippen LogP contribution is 2.37. The van der Waals surface area contributed by atoms with E-state index in [1.165, 1.54) is 14.0 Å². The van der Waals surface area contributed by atoms with Crippen molar-refractivity contribution in [3.8, 4) is 0 Å². The highest BCUT2D eigenvalue weighted by atomic mass is 16.7. The van der Waals surface area contributed by atoms with Crippen LogP contribution in [0.3, 0.4) is 0 Å². The van der Waals surface area contributed by atoms with E-state index in [0.29, 0.717) is 0 Å². The summed E-state index contributed by atoms with van der Waals surface area (Å²) in [6, 6.07) is 0. The number of hydrogen-bond acceptors (Lipinski definition) is 5. The Bertz CT molecular complexity index is 237. The van der Waals surface area contributed by atoms with Crippen LogP contribution in [0.4, 0.5) is 0 Å². The van der Waals surface area contributed by atoms with E-state index < -0.39 is 17.7 Å². The fourth-order valence-corrected chi connectivity index (χ4v) is 0.994. The Morgan fingerprint density at radius 2 is 2.15 bits per heavy atom. The summed E-state index contributed by atoms with van der Waals surface area (Å²) < 4.78 is 14.2. The van der Waals surface area contributed by atoms with Gasteiger partial charge in [-0.3, -0.25) is 4.79 Å². The van der Waals surface area contributed by atoms with Gasteiger partial charge in [0.2, 0.25) is 0 Å². The SMILES string of the molecule is COC(=O)C1OC1(C)COC(C)=O. The third-order valence-corrected chi connectivity index (χ3v) is 1.86. The quantitative estimate of drug-likeness (QED) is 0.456. The van der Waals surface area contributed by atoms with Gasteiger partial charge < -0.3 is 14.2 Å². The van der Waals surface area contributed by atoms with Crippen LogP contribution < -0.4 is 0 Å². The van der Waals surface area contributed by atoms with Gasteiger partial charge in [0.05, 0.1) is 7.11 Å². The minimum atomic E-state index is -0.696. The Balaban J connectivity index is 2.36. The molecule has 0 aromatic rings. The normalized spacial score (nSPS) is 30.8. The Morgan fingerprint density at radius 1 is 1.54 bits per heavy atom. The maximum atomic E-state index is 10.9. The first-order valence-electron chi connectivity index (χ1n) is 3.88. The lowest BCUT2D eigenvalue weighted by molar-refractivity contribution is -0.144. The van der Waals surface area contributed by atoms with Crippen molar-refractivity contribution in [2.24, 2.45) is 0 Å². The van der Waals surface area contributed by atoms with E-state index >= 15 is 0 Å². The van der Waals surface area contributed by atoms with Crippen LogP contribution in [-0.4, -0.2) is 37.4 Å². The second-order valence-corrected chi connectivity index (χ2v) is 3.11. The van der Waals surface area contributed by atoms with E-state index in [-0.39, 0.29) is 12.6 Å². The number of epoxide rings is 1. The molecule has 0 spiro atoms. The molecule has 0 N–H and O–H groups in total. The summed E-state index contributed by atoms with van der Waals surface area (Å²) in [5.74, 6) is -0.824. The molecule has 2 atom stereocenters. The molecule has 1 aliphatic heterocycles. The fraction of sp³-hybridized carbons (Fsp3) is 0.750. The van der Waals surface area contributed by atoms with Gasteiger partial charge in [-0.05, 0) is 6.92 Å². The molecule has 0 saturated carbocycles. The van der Waals surface area contributed by atoms with Crippen LogP contribution in [0.1, 0.15) is 13.8 Å². The molecular formula is C8H12O5. The van der Waals surface area contributed by atoms with E-state index in [9.17, 15) is 9.59 Å². The molecule has 0 aliphatic carbocycles. The van der Waals surface area contributed by atoms with Crippen LogP contribution in [0.25, 0.3) is 0 Å². The topological polar surface area (TPSA) is 65.1 Å². The van der Waals surface area contributed by atoms with Crippen molar-refractivity contribution in [3.63, 3.8) is 0 Å².